The summed E-state index contributed by atoms with van der Waals surface area (Å²) in [5.41, 5.74) is 5.29. The van der Waals surface area contributed by atoms with Gasteiger partial charge in [-0.2, -0.15) is 0 Å². The van der Waals surface area contributed by atoms with Crippen molar-refractivity contribution >= 4 is 11.6 Å². The third-order valence-corrected chi connectivity index (χ3v) is 2.19. The molecule has 4 heteroatoms. The van der Waals surface area contributed by atoms with E-state index in [1.54, 1.807) is 19.9 Å². The maximum absolute atomic E-state index is 13.5. The molecule has 0 aromatic heterocycles. The van der Waals surface area contributed by atoms with Crippen molar-refractivity contribution in [2.45, 2.75) is 19.4 Å². The van der Waals surface area contributed by atoms with Crippen LogP contribution in [-0.4, -0.2) is 7.11 Å². The van der Waals surface area contributed by atoms with E-state index in [9.17, 15) is 4.39 Å². The standard InChI is InChI=1S/C10H13ClFNO/c1-10(2,13)9-7(11)4-6(14-3)5-8(9)12/h4-5H,13H2,1-3H3. The quantitative estimate of drug-likeness (QED) is 0.827. The van der Waals surface area contributed by atoms with Gasteiger partial charge in [-0.1, -0.05) is 11.6 Å². The van der Waals surface area contributed by atoms with Gasteiger partial charge in [0.15, 0.2) is 0 Å². The van der Waals surface area contributed by atoms with Crippen LogP contribution in [0.1, 0.15) is 19.4 Å². The zero-order chi connectivity index (χ0) is 10.9. The number of nitrogens with two attached hydrogens (primary N) is 1. The summed E-state index contributed by atoms with van der Waals surface area (Å²) < 4.78 is 18.4. The van der Waals surface area contributed by atoms with E-state index >= 15 is 0 Å². The highest BCUT2D eigenvalue weighted by molar-refractivity contribution is 6.31. The van der Waals surface area contributed by atoms with Crippen LogP contribution in [0.2, 0.25) is 5.02 Å². The van der Waals surface area contributed by atoms with Crippen LogP contribution in [0.15, 0.2) is 12.1 Å². The number of halogens is 2. The average molecular weight is 218 g/mol. The Morgan fingerprint density at radius 3 is 2.36 bits per heavy atom. The van der Waals surface area contributed by atoms with Crippen molar-refractivity contribution in [3.05, 3.63) is 28.5 Å². The van der Waals surface area contributed by atoms with E-state index < -0.39 is 11.4 Å². The molecular weight excluding hydrogens is 205 g/mol. The Hall–Kier alpha value is -0.800. The molecule has 1 rings (SSSR count). The second-order valence-electron chi connectivity index (χ2n) is 3.69. The van der Waals surface area contributed by atoms with Crippen LogP contribution in [0.5, 0.6) is 5.75 Å². The van der Waals surface area contributed by atoms with Crippen LogP contribution in [0, 0.1) is 5.82 Å². The molecule has 0 aliphatic heterocycles. The smallest absolute Gasteiger partial charge is 0.133 e. The minimum Gasteiger partial charge on any atom is -0.497 e. The second kappa shape index (κ2) is 3.75. The third-order valence-electron chi connectivity index (χ3n) is 1.90. The molecule has 0 aliphatic rings. The maximum Gasteiger partial charge on any atom is 0.133 e. The molecule has 0 fully saturated rings. The zero-order valence-electron chi connectivity index (χ0n) is 8.40. The Labute approximate surface area is 87.8 Å². The summed E-state index contributed by atoms with van der Waals surface area (Å²) in [6, 6.07) is 2.82. The highest BCUT2D eigenvalue weighted by Gasteiger charge is 2.23. The van der Waals surface area contributed by atoms with Gasteiger partial charge in [-0.15, -0.1) is 0 Å². The molecule has 0 aliphatic carbocycles. The summed E-state index contributed by atoms with van der Waals surface area (Å²) in [6.07, 6.45) is 0. The monoisotopic (exact) mass is 217 g/mol. The fraction of sp³-hybridized carbons (Fsp3) is 0.400. The summed E-state index contributed by atoms with van der Waals surface area (Å²) in [5, 5.41) is 0.286. The fourth-order valence-electron chi connectivity index (χ4n) is 1.28. The predicted octanol–water partition coefficient (Wildman–Crippen LogP) is 2.68. The molecule has 0 saturated heterocycles. The van der Waals surface area contributed by atoms with Gasteiger partial charge in [0, 0.05) is 17.2 Å². The van der Waals surface area contributed by atoms with Gasteiger partial charge in [0.05, 0.1) is 12.1 Å². The molecule has 0 radical (unpaired) electrons. The molecule has 0 saturated carbocycles. The first-order chi connectivity index (χ1) is 6.36. The minimum absolute atomic E-state index is 0.286. The summed E-state index contributed by atoms with van der Waals surface area (Å²) in [4.78, 5) is 0. The topological polar surface area (TPSA) is 35.2 Å². The average Bonchev–Trinajstić information content (AvgIpc) is 1.99. The molecular formula is C10H13ClFNO. The molecule has 0 heterocycles. The molecule has 0 bridgehead atoms. The van der Waals surface area contributed by atoms with Gasteiger partial charge in [0.2, 0.25) is 0 Å². The number of methoxy groups -OCH3 is 1. The van der Waals surface area contributed by atoms with Crippen molar-refractivity contribution in [3.63, 3.8) is 0 Å². The van der Waals surface area contributed by atoms with Gasteiger partial charge in [0.25, 0.3) is 0 Å². The molecule has 0 spiro atoms. The summed E-state index contributed by atoms with van der Waals surface area (Å²) in [5.74, 6) is -0.0534. The van der Waals surface area contributed by atoms with Crippen LogP contribution in [0.25, 0.3) is 0 Å². The first-order valence-corrected chi connectivity index (χ1v) is 4.56. The van der Waals surface area contributed by atoms with Crippen molar-refractivity contribution < 1.29 is 9.13 Å². The Kier molecular flexibility index (Phi) is 3.02. The van der Waals surface area contributed by atoms with Crippen molar-refractivity contribution in [1.82, 2.24) is 0 Å². The third kappa shape index (κ3) is 2.16. The minimum atomic E-state index is -0.798. The van der Waals surface area contributed by atoms with E-state index in [0.717, 1.165) is 0 Å². The van der Waals surface area contributed by atoms with Crippen molar-refractivity contribution in [3.8, 4) is 5.75 Å². The Balaban J connectivity index is 3.33. The van der Waals surface area contributed by atoms with E-state index in [-0.39, 0.29) is 5.02 Å². The molecule has 1 aromatic carbocycles. The number of hydrogen-bond acceptors (Lipinski definition) is 2. The van der Waals surface area contributed by atoms with Crippen LogP contribution in [0.4, 0.5) is 4.39 Å². The molecule has 0 unspecified atom stereocenters. The van der Waals surface area contributed by atoms with Gasteiger partial charge < -0.3 is 10.5 Å². The zero-order valence-corrected chi connectivity index (χ0v) is 9.15. The van der Waals surface area contributed by atoms with Crippen LogP contribution in [0.3, 0.4) is 0 Å². The Morgan fingerprint density at radius 1 is 1.43 bits per heavy atom. The summed E-state index contributed by atoms with van der Waals surface area (Å²) in [6.45, 7) is 3.40. The highest BCUT2D eigenvalue weighted by atomic mass is 35.5. The van der Waals surface area contributed by atoms with Crippen molar-refractivity contribution in [1.29, 1.82) is 0 Å². The largest absolute Gasteiger partial charge is 0.497 e. The van der Waals surface area contributed by atoms with Crippen LogP contribution >= 0.6 is 11.6 Å². The summed E-state index contributed by atoms with van der Waals surface area (Å²) in [7, 11) is 1.46. The number of rotatable bonds is 2. The predicted molar refractivity (Wildman–Crippen MR) is 55.2 cm³/mol. The number of hydrogen-bond donors (Lipinski definition) is 1. The first kappa shape index (κ1) is 11.3. The second-order valence-corrected chi connectivity index (χ2v) is 4.09. The molecule has 78 valence electrons. The van der Waals surface area contributed by atoms with Crippen LogP contribution in [-0.2, 0) is 5.54 Å². The maximum atomic E-state index is 13.5. The number of ether oxygens (including phenoxy) is 1. The number of benzene rings is 1. The Bertz CT molecular complexity index is 323. The molecule has 2 nitrogen and oxygen atoms in total. The first-order valence-electron chi connectivity index (χ1n) is 4.18. The van der Waals surface area contributed by atoms with E-state index in [2.05, 4.69) is 0 Å². The van der Waals surface area contributed by atoms with E-state index in [1.165, 1.54) is 13.2 Å². The normalized spacial score (nSPS) is 11.6. The molecule has 1 aromatic rings. The van der Waals surface area contributed by atoms with Gasteiger partial charge >= 0.3 is 0 Å². The highest BCUT2D eigenvalue weighted by Crippen LogP contribution is 2.32. The lowest BCUT2D eigenvalue weighted by molar-refractivity contribution is 0.408. The van der Waals surface area contributed by atoms with Crippen LogP contribution < -0.4 is 10.5 Å². The molecule has 0 amide bonds. The SMILES string of the molecule is COc1cc(F)c(C(C)(C)N)c(Cl)c1. The van der Waals surface area contributed by atoms with E-state index in [4.69, 9.17) is 22.1 Å². The summed E-state index contributed by atoms with van der Waals surface area (Å²) >= 11 is 5.90. The lowest BCUT2D eigenvalue weighted by Crippen LogP contribution is -2.30. The molecule has 0 atom stereocenters. The van der Waals surface area contributed by atoms with E-state index in [0.29, 0.717) is 11.3 Å². The fourth-order valence-corrected chi connectivity index (χ4v) is 1.72. The molecule has 2 N–H and O–H groups in total. The van der Waals surface area contributed by atoms with Crippen molar-refractivity contribution in [2.24, 2.45) is 5.73 Å². The van der Waals surface area contributed by atoms with Gasteiger partial charge in [-0.3, -0.25) is 0 Å². The van der Waals surface area contributed by atoms with E-state index in [1.807, 2.05) is 0 Å². The van der Waals surface area contributed by atoms with Gasteiger partial charge in [-0.25, -0.2) is 4.39 Å². The van der Waals surface area contributed by atoms with Gasteiger partial charge in [0.1, 0.15) is 11.6 Å². The Morgan fingerprint density at radius 2 is 2.00 bits per heavy atom. The van der Waals surface area contributed by atoms with Gasteiger partial charge in [-0.05, 0) is 19.9 Å². The molecule has 14 heavy (non-hydrogen) atoms. The van der Waals surface area contributed by atoms with Crippen molar-refractivity contribution in [2.75, 3.05) is 7.11 Å². The lowest BCUT2D eigenvalue weighted by atomic mass is 9.95. The lowest BCUT2D eigenvalue weighted by Gasteiger charge is -2.21.